The van der Waals surface area contributed by atoms with Crippen molar-refractivity contribution in [3.8, 4) is 0 Å². The molecule has 2 aromatic rings. The molecule has 0 saturated heterocycles. The van der Waals surface area contributed by atoms with Gasteiger partial charge in [-0.1, -0.05) is 100 Å². The van der Waals surface area contributed by atoms with Crippen LogP contribution in [0.4, 0.5) is 0 Å². The predicted octanol–water partition coefficient (Wildman–Crippen LogP) is 5.77. The van der Waals surface area contributed by atoms with Crippen LogP contribution in [0.1, 0.15) is 57.6 Å². The third-order valence-electron chi connectivity index (χ3n) is 3.64. The third-order valence-corrected chi connectivity index (χ3v) is 3.64. The fourth-order valence-electron chi connectivity index (χ4n) is 2.12. The second-order valence-corrected chi connectivity index (χ2v) is 5.83. The van der Waals surface area contributed by atoms with Gasteiger partial charge in [0.1, 0.15) is 0 Å². The lowest BCUT2D eigenvalue weighted by Gasteiger charge is -2.13. The van der Waals surface area contributed by atoms with Crippen molar-refractivity contribution >= 4 is 11.6 Å². The quantitative estimate of drug-likeness (QED) is 0.743. The van der Waals surface area contributed by atoms with E-state index in [-0.39, 0.29) is 11.8 Å². The van der Waals surface area contributed by atoms with Crippen LogP contribution in [0, 0.1) is 0 Å². The molecule has 2 aromatic carbocycles. The van der Waals surface area contributed by atoms with Gasteiger partial charge in [-0.2, -0.15) is 0 Å². The van der Waals surface area contributed by atoms with Crippen molar-refractivity contribution in [3.05, 3.63) is 77.9 Å². The molecule has 0 saturated carbocycles. The number of carbonyl (C=O) groups excluding carboxylic acids is 1. The summed E-state index contributed by atoms with van der Waals surface area (Å²) < 4.78 is 0. The van der Waals surface area contributed by atoms with Gasteiger partial charge in [0.05, 0.1) is 0 Å². The molecule has 1 atom stereocenters. The highest BCUT2D eigenvalue weighted by molar-refractivity contribution is 5.85. The molecule has 0 bridgehead atoms. The lowest BCUT2D eigenvalue weighted by Crippen LogP contribution is -2.18. The SMILES string of the molecule is CC(=O)N/C(=C\C(C)c1ccccc1)c1ccccc1.CCCC. The molecule has 0 aliphatic heterocycles. The maximum Gasteiger partial charge on any atom is 0.221 e. The molecule has 2 heteroatoms. The van der Waals surface area contributed by atoms with Gasteiger partial charge >= 0.3 is 0 Å². The van der Waals surface area contributed by atoms with Gasteiger partial charge in [0.15, 0.2) is 0 Å². The molecule has 0 spiro atoms. The van der Waals surface area contributed by atoms with E-state index in [1.807, 2.05) is 48.5 Å². The fourth-order valence-corrected chi connectivity index (χ4v) is 2.12. The first-order valence-corrected chi connectivity index (χ1v) is 8.68. The highest BCUT2D eigenvalue weighted by atomic mass is 16.1. The van der Waals surface area contributed by atoms with E-state index in [0.29, 0.717) is 0 Å². The first-order chi connectivity index (χ1) is 11.6. The van der Waals surface area contributed by atoms with Gasteiger partial charge in [0.2, 0.25) is 5.91 Å². The fraction of sp³-hybridized carbons (Fsp3) is 0.318. The van der Waals surface area contributed by atoms with Crippen LogP contribution in [0.3, 0.4) is 0 Å². The van der Waals surface area contributed by atoms with Crippen LogP contribution in [0.5, 0.6) is 0 Å². The summed E-state index contributed by atoms with van der Waals surface area (Å²) in [4.78, 5) is 11.4. The number of allylic oxidation sites excluding steroid dienone is 1. The molecule has 1 N–H and O–H groups in total. The zero-order valence-electron chi connectivity index (χ0n) is 15.3. The van der Waals surface area contributed by atoms with Gasteiger partial charge in [-0.3, -0.25) is 4.79 Å². The number of unbranched alkanes of at least 4 members (excludes halogenated alkanes) is 1. The first kappa shape index (κ1) is 19.7. The highest BCUT2D eigenvalue weighted by Gasteiger charge is 2.07. The summed E-state index contributed by atoms with van der Waals surface area (Å²) in [5.41, 5.74) is 3.10. The molecule has 24 heavy (non-hydrogen) atoms. The van der Waals surface area contributed by atoms with Crippen molar-refractivity contribution in [2.45, 2.75) is 46.5 Å². The molecule has 0 radical (unpaired) electrons. The zero-order chi connectivity index (χ0) is 17.8. The van der Waals surface area contributed by atoms with E-state index in [2.05, 4.69) is 44.3 Å². The van der Waals surface area contributed by atoms with Gasteiger partial charge < -0.3 is 5.32 Å². The minimum atomic E-state index is -0.0552. The summed E-state index contributed by atoms with van der Waals surface area (Å²) in [5, 5.41) is 2.92. The minimum Gasteiger partial charge on any atom is -0.326 e. The van der Waals surface area contributed by atoms with Crippen molar-refractivity contribution in [1.29, 1.82) is 0 Å². The average Bonchev–Trinajstić information content (AvgIpc) is 2.62. The second-order valence-electron chi connectivity index (χ2n) is 5.83. The van der Waals surface area contributed by atoms with E-state index in [9.17, 15) is 4.79 Å². The summed E-state index contributed by atoms with van der Waals surface area (Å²) in [6.07, 6.45) is 4.73. The molecule has 2 rings (SSSR count). The van der Waals surface area contributed by atoms with E-state index >= 15 is 0 Å². The topological polar surface area (TPSA) is 29.1 Å². The Morgan fingerprint density at radius 3 is 1.92 bits per heavy atom. The molecule has 0 heterocycles. The lowest BCUT2D eigenvalue weighted by molar-refractivity contribution is -0.117. The van der Waals surface area contributed by atoms with E-state index < -0.39 is 0 Å². The zero-order valence-corrected chi connectivity index (χ0v) is 15.3. The highest BCUT2D eigenvalue weighted by Crippen LogP contribution is 2.21. The van der Waals surface area contributed by atoms with Crippen LogP contribution in [0.25, 0.3) is 5.70 Å². The predicted molar refractivity (Wildman–Crippen MR) is 104 cm³/mol. The van der Waals surface area contributed by atoms with Crippen LogP contribution in [-0.4, -0.2) is 5.91 Å². The molecular formula is C22H29NO. The average molecular weight is 323 g/mol. The monoisotopic (exact) mass is 323 g/mol. The normalized spacial score (nSPS) is 11.9. The number of benzene rings is 2. The maximum atomic E-state index is 11.4. The Balaban J connectivity index is 0.000000648. The number of hydrogen-bond donors (Lipinski definition) is 1. The van der Waals surface area contributed by atoms with Crippen molar-refractivity contribution in [1.82, 2.24) is 5.32 Å². The molecule has 1 amide bonds. The minimum absolute atomic E-state index is 0.0552. The van der Waals surface area contributed by atoms with Crippen molar-refractivity contribution in [2.75, 3.05) is 0 Å². The number of nitrogens with one attached hydrogen (secondary N) is 1. The van der Waals surface area contributed by atoms with Gasteiger partial charge in [0, 0.05) is 18.5 Å². The summed E-state index contributed by atoms with van der Waals surface area (Å²) in [7, 11) is 0. The summed E-state index contributed by atoms with van der Waals surface area (Å²) >= 11 is 0. The van der Waals surface area contributed by atoms with Crippen LogP contribution < -0.4 is 5.32 Å². The van der Waals surface area contributed by atoms with Crippen LogP contribution >= 0.6 is 0 Å². The molecule has 2 nitrogen and oxygen atoms in total. The largest absolute Gasteiger partial charge is 0.326 e. The molecule has 0 aliphatic carbocycles. The summed E-state index contributed by atoms with van der Waals surface area (Å²) in [6, 6.07) is 20.2. The Morgan fingerprint density at radius 2 is 1.46 bits per heavy atom. The standard InChI is InChI=1S/C18H19NO.C4H10/c1-14(16-9-5-3-6-10-16)13-18(19-15(2)20)17-11-7-4-8-12-17;1-3-4-2/h3-14H,1-2H3,(H,19,20);3-4H2,1-2H3/b18-13-;. The van der Waals surface area contributed by atoms with Gasteiger partial charge in [0.25, 0.3) is 0 Å². The van der Waals surface area contributed by atoms with E-state index in [4.69, 9.17) is 0 Å². The summed E-state index contributed by atoms with van der Waals surface area (Å²) in [6.45, 7) is 8.02. The van der Waals surface area contributed by atoms with Crippen molar-refractivity contribution < 1.29 is 4.79 Å². The molecule has 128 valence electrons. The Bertz CT molecular complexity index is 615. The lowest BCUT2D eigenvalue weighted by atomic mass is 9.98. The molecule has 0 aliphatic rings. The molecule has 0 aromatic heterocycles. The van der Waals surface area contributed by atoms with Gasteiger partial charge in [-0.05, 0) is 11.1 Å². The van der Waals surface area contributed by atoms with E-state index in [1.165, 1.54) is 25.3 Å². The molecule has 0 fully saturated rings. The number of rotatable bonds is 5. The Kier molecular flexibility index (Phi) is 9.21. The number of hydrogen-bond acceptors (Lipinski definition) is 1. The van der Waals surface area contributed by atoms with Gasteiger partial charge in [-0.25, -0.2) is 0 Å². The van der Waals surface area contributed by atoms with Crippen LogP contribution in [-0.2, 0) is 4.79 Å². The smallest absolute Gasteiger partial charge is 0.221 e. The van der Waals surface area contributed by atoms with Crippen LogP contribution in [0.2, 0.25) is 0 Å². The maximum absolute atomic E-state index is 11.4. The Morgan fingerprint density at radius 1 is 0.958 bits per heavy atom. The second kappa shape index (κ2) is 11.2. The number of carbonyl (C=O) groups is 1. The van der Waals surface area contributed by atoms with Crippen molar-refractivity contribution in [2.24, 2.45) is 0 Å². The first-order valence-electron chi connectivity index (χ1n) is 8.68. The Labute approximate surface area is 146 Å². The molecular weight excluding hydrogens is 294 g/mol. The van der Waals surface area contributed by atoms with E-state index in [0.717, 1.165) is 11.3 Å². The summed E-state index contributed by atoms with van der Waals surface area (Å²) in [5.74, 6) is 0.179. The number of amides is 1. The van der Waals surface area contributed by atoms with Gasteiger partial charge in [-0.15, -0.1) is 0 Å². The van der Waals surface area contributed by atoms with Crippen LogP contribution in [0.15, 0.2) is 66.7 Å². The van der Waals surface area contributed by atoms with Crippen molar-refractivity contribution in [3.63, 3.8) is 0 Å². The van der Waals surface area contributed by atoms with E-state index in [1.54, 1.807) is 0 Å². The third kappa shape index (κ3) is 7.28. The Hall–Kier alpha value is -2.35. The molecule has 1 unspecified atom stereocenters.